The van der Waals surface area contributed by atoms with E-state index in [9.17, 15) is 0 Å². The van der Waals surface area contributed by atoms with Crippen molar-refractivity contribution in [1.29, 1.82) is 0 Å². The predicted molar refractivity (Wildman–Crippen MR) is 146 cm³/mol. The van der Waals surface area contributed by atoms with Crippen LogP contribution in [0, 0.1) is 0 Å². The highest BCUT2D eigenvalue weighted by Gasteiger charge is 2.36. The SMILES string of the molecule is C1=C(c2ccccc2)C2=S(SC(c3ccccc3)=C2c2ccccc2)N1Cc1ccccc1. The molecule has 4 aromatic carbocycles. The lowest BCUT2D eigenvalue weighted by Gasteiger charge is -2.20. The summed E-state index contributed by atoms with van der Waals surface area (Å²) >= 11 is 0. The smallest absolute Gasteiger partial charge is 0.0542 e. The third kappa shape index (κ3) is 3.88. The van der Waals surface area contributed by atoms with Crippen molar-refractivity contribution in [3.8, 4) is 0 Å². The van der Waals surface area contributed by atoms with E-state index < -0.39 is 0 Å². The van der Waals surface area contributed by atoms with Crippen LogP contribution < -0.4 is 0 Å². The molecule has 2 aliphatic rings. The Morgan fingerprint density at radius 1 is 0.576 bits per heavy atom. The largest absolute Gasteiger partial charge is 0.315 e. The highest BCUT2D eigenvalue weighted by molar-refractivity contribution is 8.87. The number of nitrogens with zero attached hydrogens (tertiary/aromatic N) is 1. The maximum atomic E-state index is 2.54. The molecule has 1 unspecified atom stereocenters. The van der Waals surface area contributed by atoms with Crippen LogP contribution in [0.25, 0.3) is 16.1 Å². The minimum Gasteiger partial charge on any atom is -0.315 e. The molecular formula is C30H23NS2. The van der Waals surface area contributed by atoms with Gasteiger partial charge in [-0.2, -0.15) is 0 Å². The number of allylic oxidation sites excluding steroid dienone is 2. The summed E-state index contributed by atoms with van der Waals surface area (Å²) in [5, 5.41) is 0. The molecule has 2 aliphatic heterocycles. The fourth-order valence-corrected chi connectivity index (χ4v) is 9.09. The van der Waals surface area contributed by atoms with Crippen molar-refractivity contribution in [2.24, 2.45) is 0 Å². The van der Waals surface area contributed by atoms with Gasteiger partial charge in [0.2, 0.25) is 0 Å². The molecule has 0 bridgehead atoms. The first kappa shape index (κ1) is 20.3. The molecule has 0 radical (unpaired) electrons. The van der Waals surface area contributed by atoms with Crippen molar-refractivity contribution in [2.45, 2.75) is 6.54 Å². The van der Waals surface area contributed by atoms with Crippen LogP contribution in [-0.4, -0.2) is 9.17 Å². The van der Waals surface area contributed by atoms with Gasteiger partial charge in [-0.3, -0.25) is 0 Å². The topological polar surface area (TPSA) is 3.24 Å². The fraction of sp³-hybridized carbons (Fsp3) is 0.0333. The summed E-state index contributed by atoms with van der Waals surface area (Å²) in [7, 11) is 1.91. The highest BCUT2D eigenvalue weighted by Crippen LogP contribution is 2.61. The van der Waals surface area contributed by atoms with Crippen LogP contribution in [-0.2, 0) is 6.54 Å². The molecule has 0 aromatic heterocycles. The first-order valence-corrected chi connectivity index (χ1v) is 13.6. The molecule has 33 heavy (non-hydrogen) atoms. The van der Waals surface area contributed by atoms with E-state index in [1.807, 2.05) is 10.8 Å². The lowest BCUT2D eigenvalue weighted by atomic mass is 9.92. The van der Waals surface area contributed by atoms with Gasteiger partial charge in [0.15, 0.2) is 0 Å². The Balaban J connectivity index is 1.54. The summed E-state index contributed by atoms with van der Waals surface area (Å²) in [6.07, 6.45) is 2.39. The molecule has 0 saturated heterocycles. The van der Waals surface area contributed by atoms with Crippen molar-refractivity contribution in [3.05, 3.63) is 150 Å². The molecule has 0 N–H and O–H groups in total. The summed E-state index contributed by atoms with van der Waals surface area (Å²) in [6.45, 7) is 0.904. The number of benzene rings is 4. The van der Waals surface area contributed by atoms with E-state index >= 15 is 0 Å². The Bertz CT molecular complexity index is 1370. The second-order valence-electron chi connectivity index (χ2n) is 8.07. The van der Waals surface area contributed by atoms with Crippen molar-refractivity contribution in [2.75, 3.05) is 0 Å². The van der Waals surface area contributed by atoms with E-state index in [2.05, 4.69) is 132 Å². The first-order chi connectivity index (χ1) is 16.4. The quantitative estimate of drug-likeness (QED) is 0.218. The van der Waals surface area contributed by atoms with Crippen LogP contribution in [0.1, 0.15) is 22.3 Å². The van der Waals surface area contributed by atoms with Crippen LogP contribution in [0.2, 0.25) is 0 Å². The summed E-state index contributed by atoms with van der Waals surface area (Å²) in [5.41, 5.74) is 7.92. The van der Waals surface area contributed by atoms with Gasteiger partial charge in [0, 0.05) is 27.1 Å². The lowest BCUT2D eigenvalue weighted by molar-refractivity contribution is 0.628. The molecule has 0 fully saturated rings. The zero-order valence-corrected chi connectivity index (χ0v) is 19.7. The average Bonchev–Trinajstić information content (AvgIpc) is 3.44. The van der Waals surface area contributed by atoms with Crippen LogP contribution in [0.5, 0.6) is 0 Å². The maximum Gasteiger partial charge on any atom is 0.0542 e. The molecule has 6 rings (SSSR count). The molecular weight excluding hydrogens is 438 g/mol. The summed E-state index contributed by atoms with van der Waals surface area (Å²) in [6, 6.07) is 43.4. The van der Waals surface area contributed by atoms with Crippen LogP contribution >= 0.6 is 20.5 Å². The van der Waals surface area contributed by atoms with Gasteiger partial charge in [0.25, 0.3) is 0 Å². The fourth-order valence-electron chi connectivity index (χ4n) is 4.34. The van der Waals surface area contributed by atoms with Gasteiger partial charge >= 0.3 is 0 Å². The molecule has 0 amide bonds. The van der Waals surface area contributed by atoms with Crippen molar-refractivity contribution in [1.82, 2.24) is 4.31 Å². The summed E-state index contributed by atoms with van der Waals surface area (Å²) in [4.78, 5) is 2.83. The number of hydrogen-bond acceptors (Lipinski definition) is 2. The van der Waals surface area contributed by atoms with Gasteiger partial charge < -0.3 is 4.31 Å². The Hall–Kier alpha value is -3.27. The molecule has 160 valence electrons. The monoisotopic (exact) mass is 461 g/mol. The van der Waals surface area contributed by atoms with Gasteiger partial charge in [-0.1, -0.05) is 121 Å². The molecule has 1 nitrogen and oxygen atoms in total. The van der Waals surface area contributed by atoms with E-state index in [1.54, 1.807) is 0 Å². The summed E-state index contributed by atoms with van der Waals surface area (Å²) in [5.74, 6) is 0. The standard InChI is InChI=1S/C30H23NS2/c1-5-13-23(14-6-1)21-31-22-27(24-15-7-2-8-16-24)30-28(25-17-9-3-10-18-25)29(32-33(30)31)26-19-11-4-12-20-26/h1-20,22H,21H2. The molecule has 1 atom stereocenters. The van der Waals surface area contributed by atoms with Crippen molar-refractivity contribution < 1.29 is 0 Å². The van der Waals surface area contributed by atoms with Gasteiger partial charge in [-0.15, -0.1) is 0 Å². The molecule has 0 saturated carbocycles. The average molecular weight is 462 g/mol. The van der Waals surface area contributed by atoms with Gasteiger partial charge in [0.05, 0.1) is 6.54 Å². The normalized spacial score (nSPS) is 17.3. The zero-order chi connectivity index (χ0) is 22.0. The van der Waals surface area contributed by atoms with Gasteiger partial charge in [0.1, 0.15) is 0 Å². The highest BCUT2D eigenvalue weighted by atomic mass is 33.1. The molecule has 4 aromatic rings. The Labute approximate surface area is 201 Å². The zero-order valence-electron chi connectivity index (χ0n) is 18.1. The van der Waals surface area contributed by atoms with Gasteiger partial charge in [-0.25, -0.2) is 0 Å². The van der Waals surface area contributed by atoms with Crippen LogP contribution in [0.15, 0.2) is 128 Å². The third-order valence-electron chi connectivity index (χ3n) is 5.89. The summed E-state index contributed by atoms with van der Waals surface area (Å²) < 4.78 is 2.54. The van der Waals surface area contributed by atoms with Crippen LogP contribution in [0.3, 0.4) is 0 Å². The maximum absolute atomic E-state index is 2.54. The molecule has 2 heterocycles. The lowest BCUT2D eigenvalue weighted by Crippen LogP contribution is -2.06. The Morgan fingerprint density at radius 2 is 1.09 bits per heavy atom. The van der Waals surface area contributed by atoms with E-state index in [0.29, 0.717) is 0 Å². The van der Waals surface area contributed by atoms with Crippen LogP contribution in [0.4, 0.5) is 0 Å². The molecule has 0 spiro atoms. The second kappa shape index (κ2) is 8.93. The second-order valence-corrected chi connectivity index (χ2v) is 11.5. The predicted octanol–water partition coefficient (Wildman–Crippen LogP) is 8.13. The van der Waals surface area contributed by atoms with E-state index in [1.165, 1.54) is 43.2 Å². The van der Waals surface area contributed by atoms with E-state index in [4.69, 9.17) is 0 Å². The number of hydrogen-bond donors (Lipinski definition) is 0. The molecule has 0 aliphatic carbocycles. The Kier molecular flexibility index (Phi) is 5.51. The number of rotatable bonds is 5. The van der Waals surface area contributed by atoms with Gasteiger partial charge in [-0.05, 0) is 42.7 Å². The minimum absolute atomic E-state index is 0.0979. The van der Waals surface area contributed by atoms with Crippen molar-refractivity contribution in [3.63, 3.8) is 0 Å². The Morgan fingerprint density at radius 3 is 1.70 bits per heavy atom. The van der Waals surface area contributed by atoms with Crippen molar-refractivity contribution >= 4 is 41.4 Å². The minimum atomic E-state index is -0.0979. The van der Waals surface area contributed by atoms with E-state index in [0.717, 1.165) is 6.54 Å². The molecule has 3 heteroatoms. The third-order valence-corrected chi connectivity index (χ3v) is 10.1. The first-order valence-electron chi connectivity index (χ1n) is 11.1. The van der Waals surface area contributed by atoms with E-state index in [-0.39, 0.29) is 9.70 Å².